The predicted octanol–water partition coefficient (Wildman–Crippen LogP) is 2.19. The van der Waals surface area contributed by atoms with Crippen molar-refractivity contribution in [3.05, 3.63) is 30.5 Å². The number of anilines is 1. The van der Waals surface area contributed by atoms with Gasteiger partial charge in [0.1, 0.15) is 18.0 Å². The van der Waals surface area contributed by atoms with Crippen molar-refractivity contribution in [2.45, 2.75) is 31.1 Å². The highest BCUT2D eigenvalue weighted by Gasteiger charge is 2.36. The van der Waals surface area contributed by atoms with Crippen molar-refractivity contribution in [1.29, 1.82) is 5.26 Å². The number of fused-ring (bicyclic) bond motifs is 1. The van der Waals surface area contributed by atoms with Crippen LogP contribution in [0.4, 0.5) is 10.1 Å². The van der Waals surface area contributed by atoms with Crippen molar-refractivity contribution >= 4 is 22.5 Å². The van der Waals surface area contributed by atoms with Crippen LogP contribution in [0.2, 0.25) is 0 Å². The van der Waals surface area contributed by atoms with Crippen LogP contribution in [0.15, 0.2) is 30.5 Å². The molecule has 152 valence electrons. The van der Waals surface area contributed by atoms with Gasteiger partial charge in [0.05, 0.1) is 37.5 Å². The van der Waals surface area contributed by atoms with Crippen LogP contribution in [0.3, 0.4) is 0 Å². The Morgan fingerprint density at radius 2 is 2.28 bits per heavy atom. The predicted molar refractivity (Wildman–Crippen MR) is 107 cm³/mol. The minimum atomic E-state index is -1.11. The van der Waals surface area contributed by atoms with Crippen molar-refractivity contribution in [2.75, 3.05) is 38.6 Å². The first-order valence-electron chi connectivity index (χ1n) is 9.83. The van der Waals surface area contributed by atoms with E-state index in [1.807, 2.05) is 30.3 Å². The zero-order chi connectivity index (χ0) is 20.4. The van der Waals surface area contributed by atoms with Gasteiger partial charge < -0.3 is 15.0 Å². The minimum Gasteiger partial charge on any atom is -0.495 e. The Labute approximate surface area is 169 Å². The van der Waals surface area contributed by atoms with E-state index in [9.17, 15) is 9.18 Å². The van der Waals surface area contributed by atoms with E-state index in [2.05, 4.69) is 15.2 Å². The number of likely N-dealkylation sites (tertiary alicyclic amines) is 2. The molecule has 0 spiro atoms. The number of carbonyl (C=O) groups excluding carboxylic acids is 1. The van der Waals surface area contributed by atoms with Crippen molar-refractivity contribution in [3.63, 3.8) is 0 Å². The molecular formula is C21H24FN5O2. The molecule has 2 fully saturated rings. The number of benzene rings is 1. The lowest BCUT2D eigenvalue weighted by molar-refractivity contribution is -0.132. The lowest BCUT2D eigenvalue weighted by Crippen LogP contribution is -2.42. The second-order valence-electron chi connectivity index (χ2n) is 7.60. The molecule has 7 nitrogen and oxygen atoms in total. The quantitative estimate of drug-likeness (QED) is 0.833. The van der Waals surface area contributed by atoms with Crippen molar-refractivity contribution in [1.82, 2.24) is 14.8 Å². The smallest absolute Gasteiger partial charge is 0.237 e. The topological polar surface area (TPSA) is 81.5 Å². The molecule has 2 saturated heterocycles. The van der Waals surface area contributed by atoms with E-state index in [-0.39, 0.29) is 31.5 Å². The summed E-state index contributed by atoms with van der Waals surface area (Å²) in [5.41, 5.74) is 1.79. The van der Waals surface area contributed by atoms with E-state index in [1.54, 1.807) is 13.3 Å². The normalized spacial score (nSPS) is 24.6. The molecular weight excluding hydrogens is 373 g/mol. The summed E-state index contributed by atoms with van der Waals surface area (Å²) in [7, 11) is 1.64. The number of nitrogens with zero attached hydrogens (tertiary/aromatic N) is 4. The zero-order valence-electron chi connectivity index (χ0n) is 16.3. The number of pyridine rings is 1. The van der Waals surface area contributed by atoms with Crippen molar-refractivity contribution in [2.24, 2.45) is 0 Å². The highest BCUT2D eigenvalue weighted by atomic mass is 19.1. The van der Waals surface area contributed by atoms with Crippen LogP contribution in [0.5, 0.6) is 5.75 Å². The molecule has 0 bridgehead atoms. The van der Waals surface area contributed by atoms with Crippen LogP contribution in [0, 0.1) is 11.3 Å². The maximum atomic E-state index is 13.6. The van der Waals surface area contributed by atoms with Crippen LogP contribution in [-0.2, 0) is 4.79 Å². The molecule has 29 heavy (non-hydrogen) atoms. The highest BCUT2D eigenvalue weighted by Crippen LogP contribution is 2.33. The summed E-state index contributed by atoms with van der Waals surface area (Å²) >= 11 is 0. The van der Waals surface area contributed by atoms with Gasteiger partial charge in [-0.15, -0.1) is 0 Å². The number of carbonyl (C=O) groups is 1. The number of hydrogen-bond donors (Lipinski definition) is 1. The average molecular weight is 397 g/mol. The Morgan fingerprint density at radius 1 is 1.41 bits per heavy atom. The Morgan fingerprint density at radius 3 is 3.07 bits per heavy atom. The maximum absolute atomic E-state index is 13.6. The molecule has 0 saturated carbocycles. The number of alkyl halides is 1. The van der Waals surface area contributed by atoms with Gasteiger partial charge in [0.15, 0.2) is 0 Å². The number of amides is 1. The van der Waals surface area contributed by atoms with E-state index in [0.29, 0.717) is 6.54 Å². The number of methoxy groups -OCH3 is 1. The Balaban J connectivity index is 1.42. The summed E-state index contributed by atoms with van der Waals surface area (Å²) in [6.45, 7) is 1.68. The summed E-state index contributed by atoms with van der Waals surface area (Å²) in [4.78, 5) is 20.4. The van der Waals surface area contributed by atoms with E-state index in [1.165, 1.54) is 4.90 Å². The van der Waals surface area contributed by atoms with Gasteiger partial charge >= 0.3 is 0 Å². The molecule has 2 aliphatic heterocycles. The van der Waals surface area contributed by atoms with Crippen LogP contribution in [-0.4, -0.2) is 72.2 Å². The monoisotopic (exact) mass is 397 g/mol. The van der Waals surface area contributed by atoms with Crippen molar-refractivity contribution < 1.29 is 13.9 Å². The van der Waals surface area contributed by atoms with Gasteiger partial charge in [-0.3, -0.25) is 14.7 Å². The van der Waals surface area contributed by atoms with E-state index < -0.39 is 12.2 Å². The SMILES string of the molecule is COc1ccc2ncccc2c1N[C@@H]1CCN(CC(=O)N2C[C@@H](F)CC2C#N)C1. The third-order valence-corrected chi connectivity index (χ3v) is 5.67. The van der Waals surface area contributed by atoms with Gasteiger partial charge in [-0.05, 0) is 30.7 Å². The second kappa shape index (κ2) is 8.21. The first-order valence-corrected chi connectivity index (χ1v) is 9.83. The summed E-state index contributed by atoms with van der Waals surface area (Å²) in [6.07, 6.45) is 1.64. The third-order valence-electron chi connectivity index (χ3n) is 5.67. The second-order valence-corrected chi connectivity index (χ2v) is 7.60. The van der Waals surface area contributed by atoms with Crippen LogP contribution < -0.4 is 10.1 Å². The fraction of sp³-hybridized carbons (Fsp3) is 0.476. The molecule has 0 radical (unpaired) electrons. The van der Waals surface area contributed by atoms with E-state index >= 15 is 0 Å². The largest absolute Gasteiger partial charge is 0.495 e. The van der Waals surface area contributed by atoms with Crippen LogP contribution >= 0.6 is 0 Å². The minimum absolute atomic E-state index is 0.0206. The van der Waals surface area contributed by atoms with Gasteiger partial charge in [-0.25, -0.2) is 4.39 Å². The molecule has 1 unspecified atom stereocenters. The number of halogens is 1. The summed E-state index contributed by atoms with van der Waals surface area (Å²) in [5.74, 6) is 0.576. The van der Waals surface area contributed by atoms with Crippen LogP contribution in [0.25, 0.3) is 10.9 Å². The molecule has 8 heteroatoms. The number of nitriles is 1. The van der Waals surface area contributed by atoms with E-state index in [4.69, 9.17) is 10.00 Å². The van der Waals surface area contributed by atoms with E-state index in [0.717, 1.165) is 35.3 Å². The number of nitrogens with one attached hydrogen (secondary N) is 1. The van der Waals surface area contributed by atoms with Gasteiger partial charge in [-0.2, -0.15) is 5.26 Å². The molecule has 1 amide bonds. The first kappa shape index (κ1) is 19.4. The molecule has 3 atom stereocenters. The molecule has 1 aromatic carbocycles. The van der Waals surface area contributed by atoms with Gasteiger partial charge in [-0.1, -0.05) is 0 Å². The lowest BCUT2D eigenvalue weighted by Gasteiger charge is -2.23. The lowest BCUT2D eigenvalue weighted by atomic mass is 10.1. The van der Waals surface area contributed by atoms with Crippen molar-refractivity contribution in [3.8, 4) is 11.8 Å². The molecule has 2 aromatic rings. The Kier molecular flexibility index (Phi) is 5.49. The van der Waals surface area contributed by atoms with Crippen LogP contribution in [0.1, 0.15) is 12.8 Å². The maximum Gasteiger partial charge on any atom is 0.237 e. The molecule has 4 rings (SSSR count). The Hall–Kier alpha value is -2.92. The zero-order valence-corrected chi connectivity index (χ0v) is 16.3. The third kappa shape index (κ3) is 3.96. The number of rotatable bonds is 5. The average Bonchev–Trinajstić information content (AvgIpc) is 3.34. The fourth-order valence-corrected chi connectivity index (χ4v) is 4.21. The number of aromatic nitrogens is 1. The molecule has 3 heterocycles. The number of ether oxygens (including phenoxy) is 1. The highest BCUT2D eigenvalue weighted by molar-refractivity contribution is 5.94. The standard InChI is InChI=1S/C21H24FN5O2/c1-29-19-5-4-18-17(3-2-7-24-18)21(19)25-15-6-8-26(12-15)13-20(28)27-11-14(22)9-16(27)10-23/h2-5,7,14-16,25H,6,8-9,11-13H2,1H3/t14-,15+,16?/m0/s1. The molecule has 0 aliphatic carbocycles. The summed E-state index contributed by atoms with van der Waals surface area (Å²) < 4.78 is 19.1. The molecule has 1 aromatic heterocycles. The summed E-state index contributed by atoms with van der Waals surface area (Å²) in [5, 5.41) is 13.7. The molecule has 1 N–H and O–H groups in total. The molecule has 2 aliphatic rings. The summed E-state index contributed by atoms with van der Waals surface area (Å²) in [6, 6.07) is 9.27. The van der Waals surface area contributed by atoms with Gasteiger partial charge in [0.2, 0.25) is 5.91 Å². The first-order chi connectivity index (χ1) is 14.1. The Bertz CT molecular complexity index is 946. The van der Waals surface area contributed by atoms with Gasteiger partial charge in [0.25, 0.3) is 0 Å². The fourth-order valence-electron chi connectivity index (χ4n) is 4.21. The van der Waals surface area contributed by atoms with Gasteiger partial charge in [0, 0.05) is 37.1 Å². The number of hydrogen-bond acceptors (Lipinski definition) is 6.